The highest BCUT2D eigenvalue weighted by Gasteiger charge is 2.18. The van der Waals surface area contributed by atoms with Crippen molar-refractivity contribution in [2.45, 2.75) is 12.8 Å². The standard InChI is InChI=1S/C12H14N2O/c1-10(11-6-4-3-5-7-11)12(15)14(2)9-8-13/h3-7,10H,9H2,1-2H3. The van der Waals surface area contributed by atoms with Gasteiger partial charge in [0.2, 0.25) is 5.91 Å². The zero-order chi connectivity index (χ0) is 11.3. The summed E-state index contributed by atoms with van der Waals surface area (Å²) < 4.78 is 0. The maximum atomic E-state index is 11.8. The average molecular weight is 202 g/mol. The number of hydrogen-bond acceptors (Lipinski definition) is 2. The minimum atomic E-state index is -0.190. The van der Waals surface area contributed by atoms with Crippen LogP contribution >= 0.6 is 0 Å². The van der Waals surface area contributed by atoms with Gasteiger partial charge >= 0.3 is 0 Å². The molecule has 1 rings (SSSR count). The second-order valence-electron chi connectivity index (χ2n) is 3.48. The molecule has 0 N–H and O–H groups in total. The van der Waals surface area contributed by atoms with Crippen molar-refractivity contribution in [3.63, 3.8) is 0 Å². The molecule has 0 aliphatic heterocycles. The molecule has 78 valence electrons. The van der Waals surface area contributed by atoms with Crippen LogP contribution in [0.15, 0.2) is 30.3 Å². The van der Waals surface area contributed by atoms with Crippen LogP contribution in [0.25, 0.3) is 0 Å². The summed E-state index contributed by atoms with van der Waals surface area (Å²) in [5, 5.41) is 8.49. The Labute approximate surface area is 89.9 Å². The van der Waals surface area contributed by atoms with Crippen molar-refractivity contribution < 1.29 is 4.79 Å². The van der Waals surface area contributed by atoms with E-state index in [4.69, 9.17) is 5.26 Å². The van der Waals surface area contributed by atoms with Crippen LogP contribution in [-0.4, -0.2) is 24.4 Å². The molecule has 0 aromatic heterocycles. The lowest BCUT2D eigenvalue weighted by atomic mass is 10.00. The van der Waals surface area contributed by atoms with Gasteiger partial charge in [-0.1, -0.05) is 30.3 Å². The molecule has 0 fully saturated rings. The monoisotopic (exact) mass is 202 g/mol. The predicted molar refractivity (Wildman–Crippen MR) is 58.1 cm³/mol. The zero-order valence-corrected chi connectivity index (χ0v) is 8.97. The van der Waals surface area contributed by atoms with Gasteiger partial charge in [-0.15, -0.1) is 0 Å². The Morgan fingerprint density at radius 2 is 2.07 bits per heavy atom. The van der Waals surface area contributed by atoms with E-state index in [0.717, 1.165) is 5.56 Å². The van der Waals surface area contributed by atoms with E-state index < -0.39 is 0 Å². The van der Waals surface area contributed by atoms with Crippen LogP contribution in [0.2, 0.25) is 0 Å². The number of carbonyl (C=O) groups excluding carboxylic acids is 1. The van der Waals surface area contributed by atoms with E-state index in [1.807, 2.05) is 43.3 Å². The van der Waals surface area contributed by atoms with Gasteiger partial charge in [-0.3, -0.25) is 4.79 Å². The molecule has 0 spiro atoms. The Bertz CT molecular complexity index is 367. The van der Waals surface area contributed by atoms with Crippen LogP contribution in [0, 0.1) is 11.3 Å². The van der Waals surface area contributed by atoms with Gasteiger partial charge in [0, 0.05) is 7.05 Å². The fourth-order valence-corrected chi connectivity index (χ4v) is 1.40. The van der Waals surface area contributed by atoms with E-state index >= 15 is 0 Å². The summed E-state index contributed by atoms with van der Waals surface area (Å²) in [5.41, 5.74) is 0.979. The SMILES string of the molecule is CC(C(=O)N(C)CC#N)c1ccccc1. The van der Waals surface area contributed by atoms with E-state index in [-0.39, 0.29) is 18.4 Å². The Kier molecular flexibility index (Phi) is 3.87. The molecule has 0 aliphatic carbocycles. The summed E-state index contributed by atoms with van der Waals surface area (Å²) in [6.45, 7) is 1.99. The van der Waals surface area contributed by atoms with E-state index in [1.165, 1.54) is 4.90 Å². The first-order valence-corrected chi connectivity index (χ1v) is 4.83. The van der Waals surface area contributed by atoms with Crippen molar-refractivity contribution in [3.05, 3.63) is 35.9 Å². The molecule has 0 bridgehead atoms. The Hall–Kier alpha value is -1.82. The van der Waals surface area contributed by atoms with Crippen molar-refractivity contribution in [1.29, 1.82) is 5.26 Å². The molecule has 1 unspecified atom stereocenters. The number of benzene rings is 1. The van der Waals surface area contributed by atoms with E-state index in [1.54, 1.807) is 7.05 Å². The lowest BCUT2D eigenvalue weighted by Gasteiger charge is -2.18. The first kappa shape index (κ1) is 11.3. The molecule has 15 heavy (non-hydrogen) atoms. The Balaban J connectivity index is 2.74. The van der Waals surface area contributed by atoms with Crippen LogP contribution in [0.5, 0.6) is 0 Å². The van der Waals surface area contributed by atoms with Gasteiger partial charge in [0.15, 0.2) is 0 Å². The summed E-state index contributed by atoms with van der Waals surface area (Å²) in [7, 11) is 1.64. The van der Waals surface area contributed by atoms with Gasteiger partial charge in [-0.25, -0.2) is 0 Å². The zero-order valence-electron chi connectivity index (χ0n) is 8.97. The summed E-state index contributed by atoms with van der Waals surface area (Å²) in [5.74, 6) is -0.215. The van der Waals surface area contributed by atoms with Crippen molar-refractivity contribution in [1.82, 2.24) is 4.90 Å². The second-order valence-corrected chi connectivity index (χ2v) is 3.48. The average Bonchev–Trinajstić information content (AvgIpc) is 2.28. The molecule has 1 aromatic rings. The molecule has 0 saturated heterocycles. The largest absolute Gasteiger partial charge is 0.332 e. The second kappa shape index (κ2) is 5.16. The third kappa shape index (κ3) is 2.81. The summed E-state index contributed by atoms with van der Waals surface area (Å²) in [6, 6.07) is 11.5. The van der Waals surface area contributed by atoms with Crippen LogP contribution in [0.1, 0.15) is 18.4 Å². The van der Waals surface area contributed by atoms with E-state index in [2.05, 4.69) is 0 Å². The predicted octanol–water partition coefficient (Wildman–Crippen LogP) is 1.77. The molecular formula is C12H14N2O. The Morgan fingerprint density at radius 1 is 1.47 bits per heavy atom. The number of hydrogen-bond donors (Lipinski definition) is 0. The van der Waals surface area contributed by atoms with Crippen LogP contribution in [0.3, 0.4) is 0 Å². The van der Waals surface area contributed by atoms with Gasteiger partial charge in [-0.2, -0.15) is 5.26 Å². The molecule has 3 nitrogen and oxygen atoms in total. The Morgan fingerprint density at radius 3 is 2.60 bits per heavy atom. The van der Waals surface area contributed by atoms with E-state index in [0.29, 0.717) is 0 Å². The maximum absolute atomic E-state index is 11.8. The number of likely N-dealkylation sites (N-methyl/N-ethyl adjacent to an activating group) is 1. The normalized spacial score (nSPS) is 11.5. The number of carbonyl (C=O) groups is 1. The van der Waals surface area contributed by atoms with Gasteiger partial charge in [0.25, 0.3) is 0 Å². The summed E-state index contributed by atoms with van der Waals surface area (Å²) in [6.07, 6.45) is 0. The lowest BCUT2D eigenvalue weighted by molar-refractivity contribution is -0.130. The molecule has 1 amide bonds. The third-order valence-corrected chi connectivity index (χ3v) is 2.35. The molecule has 0 saturated carbocycles. The lowest BCUT2D eigenvalue weighted by Crippen LogP contribution is -2.30. The third-order valence-electron chi connectivity index (χ3n) is 2.35. The van der Waals surface area contributed by atoms with Crippen molar-refractivity contribution in [2.24, 2.45) is 0 Å². The van der Waals surface area contributed by atoms with Gasteiger partial charge in [0.05, 0.1) is 12.0 Å². The minimum Gasteiger partial charge on any atom is -0.332 e. The highest BCUT2D eigenvalue weighted by molar-refractivity contribution is 5.83. The van der Waals surface area contributed by atoms with Crippen molar-refractivity contribution >= 4 is 5.91 Å². The highest BCUT2D eigenvalue weighted by atomic mass is 16.2. The topological polar surface area (TPSA) is 44.1 Å². The van der Waals surface area contributed by atoms with Gasteiger partial charge < -0.3 is 4.90 Å². The van der Waals surface area contributed by atoms with Crippen LogP contribution in [0.4, 0.5) is 0 Å². The van der Waals surface area contributed by atoms with Crippen molar-refractivity contribution in [3.8, 4) is 6.07 Å². The summed E-state index contributed by atoms with van der Waals surface area (Å²) in [4.78, 5) is 13.3. The van der Waals surface area contributed by atoms with E-state index in [9.17, 15) is 4.79 Å². The highest BCUT2D eigenvalue weighted by Crippen LogP contribution is 2.16. The smallest absolute Gasteiger partial charge is 0.230 e. The number of nitrogens with zero attached hydrogens (tertiary/aromatic N) is 2. The molecule has 3 heteroatoms. The molecular weight excluding hydrogens is 188 g/mol. The van der Waals surface area contributed by atoms with Crippen molar-refractivity contribution in [2.75, 3.05) is 13.6 Å². The first-order chi connectivity index (χ1) is 7.16. The molecule has 1 atom stereocenters. The van der Waals surface area contributed by atoms with Crippen LogP contribution < -0.4 is 0 Å². The minimum absolute atomic E-state index is 0.0252. The summed E-state index contributed by atoms with van der Waals surface area (Å²) >= 11 is 0. The quantitative estimate of drug-likeness (QED) is 0.701. The number of amides is 1. The van der Waals surface area contributed by atoms with Gasteiger partial charge in [-0.05, 0) is 12.5 Å². The molecule has 0 aliphatic rings. The number of rotatable bonds is 3. The molecule has 0 radical (unpaired) electrons. The number of nitriles is 1. The molecule has 1 aromatic carbocycles. The van der Waals surface area contributed by atoms with Gasteiger partial charge in [0.1, 0.15) is 6.54 Å². The fraction of sp³-hybridized carbons (Fsp3) is 0.333. The molecule has 0 heterocycles. The van der Waals surface area contributed by atoms with Crippen LogP contribution in [-0.2, 0) is 4.79 Å². The fourth-order valence-electron chi connectivity index (χ4n) is 1.40. The first-order valence-electron chi connectivity index (χ1n) is 4.83. The maximum Gasteiger partial charge on any atom is 0.230 e.